The number of hydrogen-bond donors (Lipinski definition) is 3. The van der Waals surface area contributed by atoms with Crippen molar-refractivity contribution in [1.82, 2.24) is 10.6 Å². The summed E-state index contributed by atoms with van der Waals surface area (Å²) in [7, 11) is 0. The Morgan fingerprint density at radius 2 is 1.75 bits per heavy atom. The van der Waals surface area contributed by atoms with Crippen molar-refractivity contribution in [3.05, 3.63) is 35.4 Å². The Morgan fingerprint density at radius 1 is 1.05 bits per heavy atom. The van der Waals surface area contributed by atoms with E-state index in [4.69, 9.17) is 5.11 Å². The maximum atomic E-state index is 11.5. The van der Waals surface area contributed by atoms with Crippen molar-refractivity contribution in [2.75, 3.05) is 6.54 Å². The smallest absolute Gasteiger partial charge is 0.335 e. The van der Waals surface area contributed by atoms with Crippen LogP contribution in [0.4, 0.5) is 4.79 Å². The number of aromatic carboxylic acids is 1. The molecule has 0 fully saturated rings. The van der Waals surface area contributed by atoms with Crippen LogP contribution in [0, 0.1) is 0 Å². The van der Waals surface area contributed by atoms with Crippen molar-refractivity contribution in [1.29, 1.82) is 0 Å². The Kier molecular flexibility index (Phi) is 7.17. The maximum Gasteiger partial charge on any atom is 0.335 e. The molecule has 0 aliphatic heterocycles. The average Bonchev–Trinajstić information content (AvgIpc) is 2.45. The van der Waals surface area contributed by atoms with Crippen molar-refractivity contribution in [3.63, 3.8) is 0 Å². The van der Waals surface area contributed by atoms with Gasteiger partial charge in [0.2, 0.25) is 0 Å². The van der Waals surface area contributed by atoms with E-state index in [1.165, 1.54) is 25.0 Å². The van der Waals surface area contributed by atoms with Gasteiger partial charge in [-0.2, -0.15) is 0 Å². The number of carbonyl (C=O) groups excluding carboxylic acids is 1. The van der Waals surface area contributed by atoms with Crippen LogP contribution in [0.3, 0.4) is 0 Å². The number of carboxylic acids is 1. The van der Waals surface area contributed by atoms with Crippen LogP contribution in [0.2, 0.25) is 0 Å². The number of rotatable bonds is 8. The van der Waals surface area contributed by atoms with Crippen LogP contribution in [-0.4, -0.2) is 23.7 Å². The third-order valence-corrected chi connectivity index (χ3v) is 2.97. The lowest BCUT2D eigenvalue weighted by Gasteiger charge is -2.07. The first-order valence-electron chi connectivity index (χ1n) is 6.97. The van der Waals surface area contributed by atoms with Crippen LogP contribution >= 0.6 is 0 Å². The van der Waals surface area contributed by atoms with Crippen molar-refractivity contribution in [2.24, 2.45) is 0 Å². The van der Waals surface area contributed by atoms with Gasteiger partial charge in [0.05, 0.1) is 5.56 Å². The van der Waals surface area contributed by atoms with Gasteiger partial charge in [-0.25, -0.2) is 9.59 Å². The summed E-state index contributed by atoms with van der Waals surface area (Å²) in [6, 6.07) is 6.27. The van der Waals surface area contributed by atoms with Crippen LogP contribution in [0.25, 0.3) is 0 Å². The summed E-state index contributed by atoms with van der Waals surface area (Å²) in [5, 5.41) is 14.3. The summed E-state index contributed by atoms with van der Waals surface area (Å²) in [6.45, 7) is 3.22. The minimum absolute atomic E-state index is 0.191. The van der Waals surface area contributed by atoms with Crippen LogP contribution in [0.1, 0.15) is 48.5 Å². The van der Waals surface area contributed by atoms with Crippen LogP contribution < -0.4 is 10.6 Å². The highest BCUT2D eigenvalue weighted by atomic mass is 16.4. The molecule has 0 saturated carbocycles. The van der Waals surface area contributed by atoms with E-state index < -0.39 is 5.97 Å². The molecule has 0 unspecified atom stereocenters. The third-order valence-electron chi connectivity index (χ3n) is 2.97. The largest absolute Gasteiger partial charge is 0.478 e. The van der Waals surface area contributed by atoms with Gasteiger partial charge in [-0.3, -0.25) is 0 Å². The van der Waals surface area contributed by atoms with E-state index in [2.05, 4.69) is 17.6 Å². The highest BCUT2D eigenvalue weighted by Crippen LogP contribution is 2.04. The first kappa shape index (κ1) is 16.0. The van der Waals surface area contributed by atoms with Crippen molar-refractivity contribution in [3.8, 4) is 0 Å². The summed E-state index contributed by atoms with van der Waals surface area (Å²) in [6.07, 6.45) is 4.50. The monoisotopic (exact) mass is 278 g/mol. The molecule has 0 bridgehead atoms. The predicted octanol–water partition coefficient (Wildman–Crippen LogP) is 2.76. The Morgan fingerprint density at radius 3 is 2.35 bits per heavy atom. The van der Waals surface area contributed by atoms with E-state index in [-0.39, 0.29) is 11.6 Å². The molecule has 20 heavy (non-hydrogen) atoms. The van der Waals surface area contributed by atoms with Crippen LogP contribution in [-0.2, 0) is 6.54 Å². The first-order valence-corrected chi connectivity index (χ1v) is 6.97. The van der Waals surface area contributed by atoms with Crippen LogP contribution in [0.5, 0.6) is 0 Å². The lowest BCUT2D eigenvalue weighted by atomic mass is 10.1. The van der Waals surface area contributed by atoms with Gasteiger partial charge in [0.15, 0.2) is 0 Å². The van der Waals surface area contributed by atoms with Crippen molar-refractivity contribution in [2.45, 2.75) is 39.2 Å². The van der Waals surface area contributed by atoms with Crippen molar-refractivity contribution >= 4 is 12.0 Å². The van der Waals surface area contributed by atoms with Gasteiger partial charge in [-0.1, -0.05) is 38.3 Å². The topological polar surface area (TPSA) is 78.4 Å². The molecule has 0 radical (unpaired) electrons. The second-order valence-electron chi connectivity index (χ2n) is 4.67. The molecule has 5 heteroatoms. The Labute approximate surface area is 119 Å². The van der Waals surface area contributed by atoms with E-state index in [1.807, 2.05) is 0 Å². The van der Waals surface area contributed by atoms with E-state index in [1.54, 1.807) is 12.1 Å². The highest BCUT2D eigenvalue weighted by Gasteiger charge is 2.03. The number of nitrogens with one attached hydrogen (secondary N) is 2. The van der Waals surface area contributed by atoms with E-state index in [0.29, 0.717) is 13.1 Å². The molecule has 0 aliphatic rings. The zero-order valence-electron chi connectivity index (χ0n) is 11.8. The third kappa shape index (κ3) is 6.22. The number of urea groups is 1. The fourth-order valence-electron chi connectivity index (χ4n) is 1.76. The quantitative estimate of drug-likeness (QED) is 0.640. The van der Waals surface area contributed by atoms with E-state index >= 15 is 0 Å². The Bertz CT molecular complexity index is 429. The second-order valence-corrected chi connectivity index (χ2v) is 4.67. The lowest BCUT2D eigenvalue weighted by Crippen LogP contribution is -2.35. The molecule has 5 nitrogen and oxygen atoms in total. The molecular weight excluding hydrogens is 256 g/mol. The summed E-state index contributed by atoms with van der Waals surface area (Å²) in [4.78, 5) is 22.2. The minimum atomic E-state index is -0.950. The molecule has 3 N–H and O–H groups in total. The Balaban J connectivity index is 2.22. The molecule has 1 aromatic carbocycles. The molecule has 0 aromatic heterocycles. The van der Waals surface area contributed by atoms with Gasteiger partial charge in [0.1, 0.15) is 0 Å². The molecule has 1 rings (SSSR count). The summed E-state index contributed by atoms with van der Waals surface area (Å²) < 4.78 is 0. The summed E-state index contributed by atoms with van der Waals surface area (Å²) in [5.41, 5.74) is 1.12. The van der Waals surface area contributed by atoms with Gasteiger partial charge in [-0.15, -0.1) is 0 Å². The van der Waals surface area contributed by atoms with Gasteiger partial charge < -0.3 is 15.7 Å². The molecule has 2 amide bonds. The number of carboxylic acid groups (broad SMARTS) is 1. The summed E-state index contributed by atoms with van der Waals surface area (Å²) in [5.74, 6) is -0.950. The standard InChI is InChI=1S/C15H22N2O3/c1-2-3-4-5-10-16-15(20)17-11-12-6-8-13(9-7-12)14(18)19/h6-9H,2-5,10-11H2,1H3,(H,18,19)(H2,16,17,20). The van der Waals surface area contributed by atoms with Gasteiger partial charge in [-0.05, 0) is 24.1 Å². The normalized spacial score (nSPS) is 10.1. The molecule has 1 aromatic rings. The van der Waals surface area contributed by atoms with E-state index in [0.717, 1.165) is 18.4 Å². The van der Waals surface area contributed by atoms with Crippen LogP contribution in [0.15, 0.2) is 24.3 Å². The number of amides is 2. The summed E-state index contributed by atoms with van der Waals surface area (Å²) >= 11 is 0. The molecule has 0 saturated heterocycles. The van der Waals surface area contributed by atoms with Crippen molar-refractivity contribution < 1.29 is 14.7 Å². The number of hydrogen-bond acceptors (Lipinski definition) is 2. The number of unbranched alkanes of at least 4 members (excludes halogenated alkanes) is 3. The second kappa shape index (κ2) is 8.96. The molecule has 0 aliphatic carbocycles. The molecular formula is C15H22N2O3. The van der Waals surface area contributed by atoms with E-state index in [9.17, 15) is 9.59 Å². The molecule has 0 heterocycles. The fourth-order valence-corrected chi connectivity index (χ4v) is 1.76. The molecule has 0 atom stereocenters. The lowest BCUT2D eigenvalue weighted by molar-refractivity contribution is 0.0697. The molecule has 110 valence electrons. The van der Waals surface area contributed by atoms with Gasteiger partial charge in [0, 0.05) is 13.1 Å². The number of benzene rings is 1. The predicted molar refractivity (Wildman–Crippen MR) is 77.8 cm³/mol. The maximum absolute atomic E-state index is 11.5. The fraction of sp³-hybridized carbons (Fsp3) is 0.467. The first-order chi connectivity index (χ1) is 9.63. The SMILES string of the molecule is CCCCCCNC(=O)NCc1ccc(C(=O)O)cc1. The average molecular weight is 278 g/mol. The number of carbonyl (C=O) groups is 2. The minimum Gasteiger partial charge on any atom is -0.478 e. The van der Waals surface area contributed by atoms with Gasteiger partial charge in [0.25, 0.3) is 0 Å². The zero-order chi connectivity index (χ0) is 14.8. The molecule has 0 spiro atoms. The van der Waals surface area contributed by atoms with Gasteiger partial charge >= 0.3 is 12.0 Å². The zero-order valence-corrected chi connectivity index (χ0v) is 11.8. The highest BCUT2D eigenvalue weighted by molar-refractivity contribution is 5.87. The Hall–Kier alpha value is -2.04.